The summed E-state index contributed by atoms with van der Waals surface area (Å²) < 4.78 is 29.2. The topological polar surface area (TPSA) is 30.9 Å². The van der Waals surface area contributed by atoms with Gasteiger partial charge < -0.3 is 10.3 Å². The molecule has 0 bridgehead atoms. The Kier molecular flexibility index (Phi) is 3.57. The van der Waals surface area contributed by atoms with Crippen LogP contribution >= 0.6 is 0 Å². The van der Waals surface area contributed by atoms with E-state index in [1.807, 2.05) is 17.0 Å². The summed E-state index contributed by atoms with van der Waals surface area (Å²) in [5, 5.41) is 0. The zero-order valence-corrected chi connectivity index (χ0v) is 11.3. The number of aromatic nitrogens is 1. The maximum atomic E-state index is 13.7. The summed E-state index contributed by atoms with van der Waals surface area (Å²) in [6.07, 6.45) is 8.15. The highest BCUT2D eigenvalue weighted by Crippen LogP contribution is 2.28. The third-order valence-corrected chi connectivity index (χ3v) is 4.01. The molecule has 0 spiro atoms. The van der Waals surface area contributed by atoms with Crippen molar-refractivity contribution < 1.29 is 8.78 Å². The highest BCUT2D eigenvalue weighted by Gasteiger charge is 2.18. The van der Waals surface area contributed by atoms with Crippen molar-refractivity contribution >= 4 is 0 Å². The molecule has 1 atom stereocenters. The van der Waals surface area contributed by atoms with Gasteiger partial charge in [-0.1, -0.05) is 12.5 Å². The van der Waals surface area contributed by atoms with Crippen molar-refractivity contribution in [3.8, 4) is 0 Å². The molecule has 0 aliphatic heterocycles. The van der Waals surface area contributed by atoms with Gasteiger partial charge in [0.15, 0.2) is 0 Å². The fourth-order valence-corrected chi connectivity index (χ4v) is 2.91. The van der Waals surface area contributed by atoms with Gasteiger partial charge >= 0.3 is 0 Å². The van der Waals surface area contributed by atoms with Crippen LogP contribution < -0.4 is 5.73 Å². The Balaban J connectivity index is 1.91. The Labute approximate surface area is 117 Å². The molecule has 0 saturated carbocycles. The van der Waals surface area contributed by atoms with Crippen molar-refractivity contribution in [3.05, 3.63) is 58.9 Å². The highest BCUT2D eigenvalue weighted by atomic mass is 19.1. The summed E-state index contributed by atoms with van der Waals surface area (Å²) >= 11 is 0. The van der Waals surface area contributed by atoms with Crippen LogP contribution in [-0.4, -0.2) is 4.57 Å². The van der Waals surface area contributed by atoms with E-state index in [1.54, 1.807) is 0 Å². The lowest BCUT2D eigenvalue weighted by Crippen LogP contribution is -2.09. The fraction of sp³-hybridized carbons (Fsp3) is 0.375. The molecular weight excluding hydrogens is 258 g/mol. The third kappa shape index (κ3) is 2.48. The van der Waals surface area contributed by atoms with Crippen molar-refractivity contribution in [1.29, 1.82) is 0 Å². The normalized spacial score (nSPS) is 18.6. The number of nitrogens with two attached hydrogens (primary N) is 1. The van der Waals surface area contributed by atoms with Gasteiger partial charge in [-0.05, 0) is 42.5 Å². The first-order valence-corrected chi connectivity index (χ1v) is 7.02. The monoisotopic (exact) mass is 276 g/mol. The Morgan fingerprint density at radius 1 is 1.15 bits per heavy atom. The van der Waals surface area contributed by atoms with Gasteiger partial charge in [-0.25, -0.2) is 8.78 Å². The first kappa shape index (κ1) is 13.3. The molecule has 3 rings (SSSR count). The van der Waals surface area contributed by atoms with Gasteiger partial charge in [0, 0.05) is 24.0 Å². The summed E-state index contributed by atoms with van der Waals surface area (Å²) in [5.74, 6) is -1.00. The Hall–Kier alpha value is -1.68. The summed E-state index contributed by atoms with van der Waals surface area (Å²) in [5.41, 5.74) is 8.59. The Morgan fingerprint density at radius 2 is 1.90 bits per heavy atom. The number of hydrogen-bond acceptors (Lipinski definition) is 1. The lowest BCUT2D eigenvalue weighted by molar-refractivity contribution is 0.543. The van der Waals surface area contributed by atoms with E-state index < -0.39 is 11.6 Å². The minimum absolute atomic E-state index is 0.0409. The summed E-state index contributed by atoms with van der Waals surface area (Å²) in [4.78, 5) is 0. The molecule has 1 unspecified atom stereocenters. The largest absolute Gasteiger partial charge is 0.349 e. The van der Waals surface area contributed by atoms with E-state index in [1.165, 1.54) is 23.8 Å². The number of hydrogen-bond donors (Lipinski definition) is 1. The van der Waals surface area contributed by atoms with Gasteiger partial charge in [0.05, 0.1) is 6.54 Å². The molecule has 0 fully saturated rings. The average molecular weight is 276 g/mol. The number of fused-ring (bicyclic) bond motifs is 1. The fourth-order valence-electron chi connectivity index (χ4n) is 2.91. The van der Waals surface area contributed by atoms with E-state index in [4.69, 9.17) is 5.73 Å². The van der Waals surface area contributed by atoms with Gasteiger partial charge in [-0.2, -0.15) is 0 Å². The molecule has 20 heavy (non-hydrogen) atoms. The van der Waals surface area contributed by atoms with E-state index >= 15 is 0 Å². The standard InChI is InChI=1S/C16H18F2N2/c17-14-5-3-6-15(18)13(14)10-20-8-11-4-1-2-7-16(19)12(11)9-20/h3,5-6,8-9,16H,1-2,4,7,10,19H2. The van der Waals surface area contributed by atoms with E-state index in [9.17, 15) is 8.78 Å². The molecular formula is C16H18F2N2. The van der Waals surface area contributed by atoms with Crippen LogP contribution in [0, 0.1) is 11.6 Å². The molecule has 1 heterocycles. The predicted octanol–water partition coefficient (Wildman–Crippen LogP) is 3.54. The zero-order chi connectivity index (χ0) is 14.1. The molecule has 4 heteroatoms. The van der Waals surface area contributed by atoms with E-state index in [0.29, 0.717) is 0 Å². The van der Waals surface area contributed by atoms with Gasteiger partial charge in [0.25, 0.3) is 0 Å². The molecule has 1 aromatic carbocycles. The maximum absolute atomic E-state index is 13.7. The highest BCUT2D eigenvalue weighted by molar-refractivity contribution is 5.30. The molecule has 0 amide bonds. The summed E-state index contributed by atoms with van der Waals surface area (Å²) in [6, 6.07) is 4.01. The number of aryl methyl sites for hydroxylation is 1. The van der Waals surface area contributed by atoms with Crippen molar-refractivity contribution in [2.75, 3.05) is 0 Å². The van der Waals surface area contributed by atoms with Crippen LogP contribution in [0.1, 0.15) is 42.0 Å². The van der Waals surface area contributed by atoms with Crippen LogP contribution in [0.25, 0.3) is 0 Å². The first-order chi connectivity index (χ1) is 9.65. The van der Waals surface area contributed by atoms with E-state index in [2.05, 4.69) is 0 Å². The Bertz CT molecular complexity index is 599. The minimum atomic E-state index is -0.502. The molecule has 1 aliphatic rings. The summed E-state index contributed by atoms with van der Waals surface area (Å²) in [6.45, 7) is 0.207. The van der Waals surface area contributed by atoms with Crippen molar-refractivity contribution in [2.24, 2.45) is 5.73 Å². The van der Waals surface area contributed by atoms with E-state index in [0.717, 1.165) is 31.2 Å². The van der Waals surface area contributed by atoms with Crippen LogP contribution in [0.4, 0.5) is 8.78 Å². The second kappa shape index (κ2) is 5.37. The van der Waals surface area contributed by atoms with Crippen LogP contribution in [0.5, 0.6) is 0 Å². The molecule has 0 saturated heterocycles. The van der Waals surface area contributed by atoms with E-state index in [-0.39, 0.29) is 18.2 Å². The quantitative estimate of drug-likeness (QED) is 0.836. The van der Waals surface area contributed by atoms with Gasteiger partial charge in [0.1, 0.15) is 11.6 Å². The van der Waals surface area contributed by atoms with Gasteiger partial charge in [-0.3, -0.25) is 0 Å². The number of rotatable bonds is 2. The molecule has 1 aliphatic carbocycles. The Morgan fingerprint density at radius 3 is 2.65 bits per heavy atom. The van der Waals surface area contributed by atoms with Crippen molar-refractivity contribution in [2.45, 2.75) is 38.3 Å². The molecule has 106 valence electrons. The summed E-state index contributed by atoms with van der Waals surface area (Å²) in [7, 11) is 0. The molecule has 1 aromatic heterocycles. The molecule has 0 radical (unpaired) electrons. The lowest BCUT2D eigenvalue weighted by atomic mass is 10.1. The smallest absolute Gasteiger partial charge is 0.131 e. The average Bonchev–Trinajstić information content (AvgIpc) is 2.74. The molecule has 2 nitrogen and oxygen atoms in total. The van der Waals surface area contributed by atoms with Crippen LogP contribution in [0.3, 0.4) is 0 Å². The van der Waals surface area contributed by atoms with Crippen molar-refractivity contribution in [1.82, 2.24) is 4.57 Å². The first-order valence-electron chi connectivity index (χ1n) is 7.02. The minimum Gasteiger partial charge on any atom is -0.349 e. The predicted molar refractivity (Wildman–Crippen MR) is 74.4 cm³/mol. The van der Waals surface area contributed by atoms with Crippen LogP contribution in [-0.2, 0) is 13.0 Å². The maximum Gasteiger partial charge on any atom is 0.131 e. The van der Waals surface area contributed by atoms with Crippen LogP contribution in [0.15, 0.2) is 30.6 Å². The number of benzene rings is 1. The SMILES string of the molecule is NC1CCCCc2cn(Cc3c(F)cccc3F)cc21. The second-order valence-electron chi connectivity index (χ2n) is 5.46. The number of halogens is 2. The molecule has 2 N–H and O–H groups in total. The third-order valence-electron chi connectivity index (χ3n) is 4.01. The zero-order valence-electron chi connectivity index (χ0n) is 11.3. The second-order valence-corrected chi connectivity index (χ2v) is 5.46. The number of nitrogens with zero attached hydrogens (tertiary/aromatic N) is 1. The van der Waals surface area contributed by atoms with Crippen LogP contribution in [0.2, 0.25) is 0 Å². The van der Waals surface area contributed by atoms with Gasteiger partial charge in [-0.15, -0.1) is 0 Å². The van der Waals surface area contributed by atoms with Crippen molar-refractivity contribution in [3.63, 3.8) is 0 Å². The van der Waals surface area contributed by atoms with Gasteiger partial charge in [0.2, 0.25) is 0 Å². The lowest BCUT2D eigenvalue weighted by Gasteiger charge is -2.08. The molecule has 2 aromatic rings.